The maximum Gasteiger partial charge on any atom is 0.435 e. The van der Waals surface area contributed by atoms with Crippen LogP contribution < -0.4 is 0 Å². The molecule has 0 fully saturated rings. The number of nitrogens with zero attached hydrogens (tertiary/aromatic N) is 1. The third-order valence-electron chi connectivity index (χ3n) is 3.08. The number of hydrogen-bond acceptors (Lipinski definition) is 4. The van der Waals surface area contributed by atoms with Gasteiger partial charge in [-0.3, -0.25) is 5.10 Å². The lowest BCUT2D eigenvalue weighted by Gasteiger charge is -1.98. The first-order valence-electron chi connectivity index (χ1n) is 6.32. The van der Waals surface area contributed by atoms with Crippen molar-refractivity contribution in [2.75, 3.05) is 0 Å². The van der Waals surface area contributed by atoms with E-state index in [2.05, 4.69) is 10.2 Å². The van der Waals surface area contributed by atoms with E-state index in [0.717, 1.165) is 10.9 Å². The van der Waals surface area contributed by atoms with Crippen molar-refractivity contribution in [3.63, 3.8) is 0 Å². The number of benzene rings is 1. The molecule has 0 aliphatic rings. The summed E-state index contributed by atoms with van der Waals surface area (Å²) in [5, 5.41) is 5.63. The van der Waals surface area contributed by atoms with E-state index in [9.17, 15) is 21.6 Å². The Hall–Kier alpha value is -2.13. The summed E-state index contributed by atoms with van der Waals surface area (Å²) in [6.07, 6.45) is -4.50. The average Bonchev–Trinajstić information content (AvgIpc) is 3.15. The highest BCUT2D eigenvalue weighted by Crippen LogP contribution is 2.36. The van der Waals surface area contributed by atoms with Crippen LogP contribution >= 0.6 is 11.3 Å². The summed E-state index contributed by atoms with van der Waals surface area (Å²) >= 11 is 1.25. The minimum Gasteiger partial charge on any atom is -0.276 e. The van der Waals surface area contributed by atoms with Crippen molar-refractivity contribution in [3.05, 3.63) is 48.2 Å². The van der Waals surface area contributed by atoms with E-state index in [0.29, 0.717) is 10.4 Å². The zero-order chi connectivity index (χ0) is 16.6. The lowest BCUT2D eigenvalue weighted by molar-refractivity contribution is -0.141. The van der Waals surface area contributed by atoms with Crippen LogP contribution in [0.15, 0.2) is 47.4 Å². The number of hydrogen-bond donors (Lipinski definition) is 2. The number of nitrogens with one attached hydrogen (secondary N) is 1. The second kappa shape index (κ2) is 5.82. The van der Waals surface area contributed by atoms with E-state index < -0.39 is 22.6 Å². The zero-order valence-corrected chi connectivity index (χ0v) is 13.0. The van der Waals surface area contributed by atoms with Crippen LogP contribution in [0.1, 0.15) is 5.69 Å². The zero-order valence-electron chi connectivity index (χ0n) is 11.3. The van der Waals surface area contributed by atoms with Gasteiger partial charge in [0.1, 0.15) is 0 Å². The molecule has 2 heterocycles. The first-order chi connectivity index (χ1) is 10.8. The molecule has 3 rings (SSSR count). The second-order valence-electron chi connectivity index (χ2n) is 4.64. The highest BCUT2D eigenvalue weighted by molar-refractivity contribution is 7.72. The van der Waals surface area contributed by atoms with Gasteiger partial charge in [0.05, 0.1) is 15.5 Å². The van der Waals surface area contributed by atoms with Gasteiger partial charge >= 0.3 is 6.18 Å². The molecule has 0 aliphatic heterocycles. The predicted octanol–water partition coefficient (Wildman–Crippen LogP) is 3.79. The van der Waals surface area contributed by atoms with Crippen molar-refractivity contribution >= 4 is 22.0 Å². The van der Waals surface area contributed by atoms with Crippen LogP contribution in [0, 0.1) is 0 Å². The first-order valence-corrected chi connectivity index (χ1v) is 8.31. The Labute approximate surface area is 134 Å². The Morgan fingerprint density at radius 1 is 1.04 bits per heavy atom. The fraction of sp³-hybridized carbons (Fsp3) is 0.0714. The molecule has 0 radical (unpaired) electrons. The maximum absolute atomic E-state index is 12.6. The van der Waals surface area contributed by atoms with E-state index >= 15 is 0 Å². The average molecular weight is 358 g/mol. The van der Waals surface area contributed by atoms with Gasteiger partial charge in [-0.2, -0.15) is 18.3 Å². The van der Waals surface area contributed by atoms with Gasteiger partial charge in [0.15, 0.2) is 16.4 Å². The molecule has 0 spiro atoms. The van der Waals surface area contributed by atoms with Crippen LogP contribution in [-0.2, 0) is 16.9 Å². The Morgan fingerprint density at radius 3 is 2.43 bits per heavy atom. The lowest BCUT2D eigenvalue weighted by Crippen LogP contribution is -2.04. The Kier molecular flexibility index (Phi) is 3.99. The molecule has 2 aromatic heterocycles. The van der Waals surface area contributed by atoms with Crippen LogP contribution in [0.4, 0.5) is 13.2 Å². The molecule has 3 aromatic rings. The molecule has 0 bridgehead atoms. The number of halogens is 3. The SMILES string of the molecule is O=[SH](=O)c1cccc(-c2ccc(-c3cc(C(F)(F)F)n[nH]3)s2)c1. The monoisotopic (exact) mass is 358 g/mol. The van der Waals surface area contributed by atoms with Crippen LogP contribution in [0.2, 0.25) is 0 Å². The number of H-pyrrole nitrogens is 1. The van der Waals surface area contributed by atoms with Crippen molar-refractivity contribution < 1.29 is 21.6 Å². The minimum atomic E-state index is -4.50. The highest BCUT2D eigenvalue weighted by Gasteiger charge is 2.34. The Bertz CT molecular complexity index is 918. The molecule has 120 valence electrons. The van der Waals surface area contributed by atoms with E-state index in [1.807, 2.05) is 0 Å². The summed E-state index contributed by atoms with van der Waals surface area (Å²) in [7, 11) is -2.69. The molecular formula is C14H9F3N2O2S2. The van der Waals surface area contributed by atoms with E-state index in [-0.39, 0.29) is 10.6 Å². The smallest absolute Gasteiger partial charge is 0.276 e. The maximum atomic E-state index is 12.6. The minimum absolute atomic E-state index is 0.188. The fourth-order valence-corrected chi connectivity index (χ4v) is 3.42. The quantitative estimate of drug-likeness (QED) is 0.700. The number of aromatic nitrogens is 2. The van der Waals surface area contributed by atoms with Crippen LogP contribution in [0.5, 0.6) is 0 Å². The molecule has 0 amide bonds. The van der Waals surface area contributed by atoms with Crippen molar-refractivity contribution in [3.8, 4) is 21.0 Å². The van der Waals surface area contributed by atoms with Gasteiger partial charge in [-0.25, -0.2) is 8.42 Å². The Balaban J connectivity index is 1.95. The summed E-state index contributed by atoms with van der Waals surface area (Å²) in [4.78, 5) is 1.52. The molecule has 0 saturated carbocycles. The summed E-state index contributed by atoms with van der Waals surface area (Å²) in [5.74, 6) is 0. The number of aromatic amines is 1. The number of alkyl halides is 3. The third-order valence-corrected chi connectivity index (χ3v) is 4.95. The standard InChI is InChI=1S/C14H9F3N2O2S2/c15-14(16,17)13-7-10(18-19-13)12-5-4-11(22-12)8-2-1-3-9(6-8)23(20)21/h1-7,23H,(H,18,19). The molecule has 9 heteroatoms. The summed E-state index contributed by atoms with van der Waals surface area (Å²) in [5.41, 5.74) is -0.0269. The second-order valence-corrected chi connectivity index (χ2v) is 6.75. The topological polar surface area (TPSA) is 62.8 Å². The van der Waals surface area contributed by atoms with Crippen molar-refractivity contribution in [1.29, 1.82) is 0 Å². The number of rotatable bonds is 3. The largest absolute Gasteiger partial charge is 0.435 e. The van der Waals surface area contributed by atoms with Gasteiger partial charge in [-0.1, -0.05) is 12.1 Å². The van der Waals surface area contributed by atoms with Gasteiger partial charge < -0.3 is 0 Å². The highest BCUT2D eigenvalue weighted by atomic mass is 32.2. The third kappa shape index (κ3) is 3.30. The van der Waals surface area contributed by atoms with Gasteiger partial charge in [-0.05, 0) is 35.9 Å². The van der Waals surface area contributed by atoms with Gasteiger partial charge in [-0.15, -0.1) is 11.3 Å². The summed E-state index contributed by atoms with van der Waals surface area (Å²) in [6, 6.07) is 10.7. The van der Waals surface area contributed by atoms with Gasteiger partial charge in [0.2, 0.25) is 0 Å². The van der Waals surface area contributed by atoms with Gasteiger partial charge in [0, 0.05) is 4.88 Å². The molecule has 0 atom stereocenters. The molecule has 23 heavy (non-hydrogen) atoms. The van der Waals surface area contributed by atoms with Crippen molar-refractivity contribution in [2.24, 2.45) is 0 Å². The Morgan fingerprint density at radius 2 is 1.78 bits per heavy atom. The number of thiol groups is 1. The lowest BCUT2D eigenvalue weighted by atomic mass is 10.2. The van der Waals surface area contributed by atoms with E-state index in [4.69, 9.17) is 0 Å². The molecule has 1 aromatic carbocycles. The fourth-order valence-electron chi connectivity index (χ4n) is 2.00. The molecule has 0 unspecified atom stereocenters. The molecule has 0 saturated heterocycles. The van der Waals surface area contributed by atoms with E-state index in [1.54, 1.807) is 24.3 Å². The summed E-state index contributed by atoms with van der Waals surface area (Å²) < 4.78 is 59.8. The van der Waals surface area contributed by atoms with Crippen LogP contribution in [0.3, 0.4) is 0 Å². The molecule has 0 aliphatic carbocycles. The predicted molar refractivity (Wildman–Crippen MR) is 80.9 cm³/mol. The van der Waals surface area contributed by atoms with Crippen LogP contribution in [0.25, 0.3) is 21.0 Å². The molecular weight excluding hydrogens is 349 g/mol. The molecule has 4 nitrogen and oxygen atoms in total. The number of thiophene rings is 1. The summed E-state index contributed by atoms with van der Waals surface area (Å²) in [6.45, 7) is 0. The van der Waals surface area contributed by atoms with Crippen LogP contribution in [-0.4, -0.2) is 18.6 Å². The normalized spacial score (nSPS) is 12.0. The van der Waals surface area contributed by atoms with Gasteiger partial charge in [0.25, 0.3) is 0 Å². The van der Waals surface area contributed by atoms with Crippen molar-refractivity contribution in [2.45, 2.75) is 11.1 Å². The van der Waals surface area contributed by atoms with Crippen molar-refractivity contribution in [1.82, 2.24) is 10.2 Å². The first kappa shape index (κ1) is 15.8. The van der Waals surface area contributed by atoms with E-state index in [1.165, 1.54) is 23.5 Å². The molecule has 1 N–H and O–H groups in total.